The lowest BCUT2D eigenvalue weighted by molar-refractivity contribution is -0.123. The van der Waals surface area contributed by atoms with E-state index in [1.807, 2.05) is 43.3 Å². The van der Waals surface area contributed by atoms with Crippen molar-refractivity contribution in [2.24, 2.45) is 0 Å². The molecule has 1 aliphatic rings. The first-order valence-electron chi connectivity index (χ1n) is 7.62. The number of halogens is 4. The number of para-hydroxylation sites is 1. The summed E-state index contributed by atoms with van der Waals surface area (Å²) in [5, 5.41) is 5.24. The Bertz CT molecular complexity index is 548. The quantitative estimate of drug-likeness (QED) is 0.736. The maximum Gasteiger partial charge on any atom is 0.262 e. The van der Waals surface area contributed by atoms with Crippen molar-refractivity contribution in [3.63, 3.8) is 0 Å². The fraction of sp³-hybridized carbons (Fsp3) is 0.562. The SMILES string of the molecule is CN(C)CCOc1ccccc1CNC(=O)C1CC(F)(F)CN1.Cl.Cl. The van der Waals surface area contributed by atoms with Crippen LogP contribution in [0.4, 0.5) is 8.78 Å². The number of carbonyl (C=O) groups excluding carboxylic acids is 1. The summed E-state index contributed by atoms with van der Waals surface area (Å²) in [5.41, 5.74) is 0.823. The van der Waals surface area contributed by atoms with Gasteiger partial charge >= 0.3 is 0 Å². The molecule has 1 heterocycles. The molecule has 0 aromatic heterocycles. The lowest BCUT2D eigenvalue weighted by atomic mass is 10.1. The van der Waals surface area contributed by atoms with Gasteiger partial charge in [0.05, 0.1) is 12.6 Å². The largest absolute Gasteiger partial charge is 0.492 e. The van der Waals surface area contributed by atoms with Gasteiger partial charge in [-0.25, -0.2) is 8.78 Å². The summed E-state index contributed by atoms with van der Waals surface area (Å²) < 4.78 is 32.0. The van der Waals surface area contributed by atoms with Gasteiger partial charge in [0.25, 0.3) is 5.92 Å². The first kappa shape index (κ1) is 23.9. The molecule has 25 heavy (non-hydrogen) atoms. The predicted molar refractivity (Wildman–Crippen MR) is 98.2 cm³/mol. The normalized spacial score (nSPS) is 18.2. The highest BCUT2D eigenvalue weighted by atomic mass is 35.5. The van der Waals surface area contributed by atoms with Crippen LogP contribution >= 0.6 is 24.8 Å². The first-order chi connectivity index (χ1) is 10.9. The number of ether oxygens (including phenoxy) is 1. The zero-order valence-electron chi connectivity index (χ0n) is 14.3. The van der Waals surface area contributed by atoms with Crippen LogP contribution in [-0.4, -0.2) is 56.6 Å². The van der Waals surface area contributed by atoms with Crippen LogP contribution in [0.1, 0.15) is 12.0 Å². The predicted octanol–water partition coefficient (Wildman–Crippen LogP) is 2.08. The molecule has 0 bridgehead atoms. The van der Waals surface area contributed by atoms with Crippen molar-refractivity contribution < 1.29 is 18.3 Å². The van der Waals surface area contributed by atoms with Crippen LogP contribution in [0.15, 0.2) is 24.3 Å². The number of likely N-dealkylation sites (N-methyl/N-ethyl adjacent to an activating group) is 1. The fourth-order valence-corrected chi connectivity index (χ4v) is 2.34. The van der Waals surface area contributed by atoms with E-state index in [2.05, 4.69) is 10.6 Å². The zero-order chi connectivity index (χ0) is 16.9. The van der Waals surface area contributed by atoms with Crippen LogP contribution in [0.2, 0.25) is 0 Å². The highest BCUT2D eigenvalue weighted by Crippen LogP contribution is 2.25. The third kappa shape index (κ3) is 7.73. The van der Waals surface area contributed by atoms with Gasteiger partial charge in [-0.15, -0.1) is 24.8 Å². The number of nitrogens with one attached hydrogen (secondary N) is 2. The number of carbonyl (C=O) groups is 1. The third-order valence-electron chi connectivity index (χ3n) is 3.65. The molecule has 1 aromatic rings. The van der Waals surface area contributed by atoms with Crippen molar-refractivity contribution in [3.8, 4) is 5.75 Å². The van der Waals surface area contributed by atoms with Gasteiger partial charge < -0.3 is 15.0 Å². The molecule has 1 saturated heterocycles. The van der Waals surface area contributed by atoms with Gasteiger partial charge in [-0.3, -0.25) is 10.1 Å². The number of nitrogens with zero attached hydrogens (tertiary/aromatic N) is 1. The lowest BCUT2D eigenvalue weighted by Crippen LogP contribution is -2.40. The van der Waals surface area contributed by atoms with Crippen molar-refractivity contribution in [2.75, 3.05) is 33.8 Å². The van der Waals surface area contributed by atoms with Crippen molar-refractivity contribution in [3.05, 3.63) is 29.8 Å². The molecule has 2 N–H and O–H groups in total. The van der Waals surface area contributed by atoms with Crippen LogP contribution in [0.25, 0.3) is 0 Å². The van der Waals surface area contributed by atoms with Crippen LogP contribution in [0.3, 0.4) is 0 Å². The molecule has 1 aliphatic heterocycles. The molecular weight excluding hydrogens is 375 g/mol. The molecule has 5 nitrogen and oxygen atoms in total. The van der Waals surface area contributed by atoms with Crippen molar-refractivity contribution in [1.82, 2.24) is 15.5 Å². The van der Waals surface area contributed by atoms with E-state index in [1.54, 1.807) is 0 Å². The maximum atomic E-state index is 13.1. The average Bonchev–Trinajstić information content (AvgIpc) is 2.86. The number of hydrogen-bond acceptors (Lipinski definition) is 4. The Morgan fingerprint density at radius 2 is 2.04 bits per heavy atom. The Kier molecular flexibility index (Phi) is 10.3. The fourth-order valence-electron chi connectivity index (χ4n) is 2.34. The molecule has 0 radical (unpaired) electrons. The molecule has 9 heteroatoms. The second-order valence-corrected chi connectivity index (χ2v) is 5.97. The van der Waals surface area contributed by atoms with Gasteiger partial charge in [0.15, 0.2) is 0 Å². The molecule has 0 aliphatic carbocycles. The highest BCUT2D eigenvalue weighted by Gasteiger charge is 2.42. The summed E-state index contributed by atoms with van der Waals surface area (Å²) >= 11 is 0. The van der Waals surface area contributed by atoms with Gasteiger partial charge in [0, 0.05) is 25.1 Å². The summed E-state index contributed by atoms with van der Waals surface area (Å²) in [5.74, 6) is -2.53. The van der Waals surface area contributed by atoms with E-state index in [4.69, 9.17) is 4.74 Å². The molecule has 0 saturated carbocycles. The number of hydrogen-bond donors (Lipinski definition) is 2. The smallest absolute Gasteiger partial charge is 0.262 e. The minimum Gasteiger partial charge on any atom is -0.492 e. The monoisotopic (exact) mass is 399 g/mol. The average molecular weight is 400 g/mol. The van der Waals surface area contributed by atoms with E-state index >= 15 is 0 Å². The minimum atomic E-state index is -2.81. The first-order valence-corrected chi connectivity index (χ1v) is 7.62. The summed E-state index contributed by atoms with van der Waals surface area (Å²) in [6.07, 6.45) is -0.459. The molecule has 144 valence electrons. The van der Waals surface area contributed by atoms with Gasteiger partial charge in [0.1, 0.15) is 12.4 Å². The number of rotatable bonds is 7. The summed E-state index contributed by atoms with van der Waals surface area (Å²) in [4.78, 5) is 14.0. The van der Waals surface area contributed by atoms with Crippen molar-refractivity contribution in [2.45, 2.75) is 24.9 Å². The van der Waals surface area contributed by atoms with E-state index < -0.39 is 30.8 Å². The number of amides is 1. The highest BCUT2D eigenvalue weighted by molar-refractivity contribution is 5.85. The Balaban J connectivity index is 0.00000288. The van der Waals surface area contributed by atoms with Crippen molar-refractivity contribution >= 4 is 30.7 Å². The lowest BCUT2D eigenvalue weighted by Gasteiger charge is -2.15. The van der Waals surface area contributed by atoms with Gasteiger partial charge in [-0.1, -0.05) is 18.2 Å². The molecule has 1 unspecified atom stereocenters. The van der Waals surface area contributed by atoms with E-state index in [0.29, 0.717) is 12.4 Å². The molecule has 1 aromatic carbocycles. The standard InChI is InChI=1S/C16H23F2N3O2.2ClH/c1-21(2)7-8-23-14-6-4-3-5-12(14)10-19-15(22)13-9-16(17,18)11-20-13;;/h3-6,13,20H,7-11H2,1-2H3,(H,19,22);2*1H. The van der Waals surface area contributed by atoms with E-state index in [9.17, 15) is 13.6 Å². The summed E-state index contributed by atoms with van der Waals surface area (Å²) in [6, 6.07) is 6.55. The maximum absolute atomic E-state index is 13.1. The van der Waals surface area contributed by atoms with Crippen LogP contribution in [-0.2, 0) is 11.3 Å². The Morgan fingerprint density at radius 1 is 1.36 bits per heavy atom. The topological polar surface area (TPSA) is 53.6 Å². The zero-order valence-corrected chi connectivity index (χ0v) is 15.9. The Hall–Kier alpha value is -1.15. The molecule has 1 amide bonds. The van der Waals surface area contributed by atoms with E-state index in [0.717, 1.165) is 12.1 Å². The Labute approximate surface area is 159 Å². The third-order valence-corrected chi connectivity index (χ3v) is 3.65. The molecule has 0 spiro atoms. The second kappa shape index (κ2) is 10.8. The van der Waals surface area contributed by atoms with Gasteiger partial charge in [0.2, 0.25) is 5.91 Å². The molecular formula is C16H25Cl2F2N3O2. The van der Waals surface area contributed by atoms with E-state index in [-0.39, 0.29) is 31.4 Å². The van der Waals surface area contributed by atoms with Crippen molar-refractivity contribution in [1.29, 1.82) is 0 Å². The van der Waals surface area contributed by atoms with Crippen LogP contribution < -0.4 is 15.4 Å². The molecule has 2 rings (SSSR count). The summed E-state index contributed by atoms with van der Waals surface area (Å²) in [6.45, 7) is 1.12. The number of alkyl halides is 2. The second-order valence-electron chi connectivity index (χ2n) is 5.97. The van der Waals surface area contributed by atoms with E-state index in [1.165, 1.54) is 0 Å². The summed E-state index contributed by atoms with van der Waals surface area (Å²) in [7, 11) is 3.92. The molecule has 1 atom stereocenters. The van der Waals surface area contributed by atoms with Crippen LogP contribution in [0, 0.1) is 0 Å². The van der Waals surface area contributed by atoms with Gasteiger partial charge in [-0.2, -0.15) is 0 Å². The molecule has 1 fully saturated rings. The van der Waals surface area contributed by atoms with Crippen LogP contribution in [0.5, 0.6) is 5.75 Å². The minimum absolute atomic E-state index is 0. The number of benzene rings is 1. The van der Waals surface area contributed by atoms with Gasteiger partial charge in [-0.05, 0) is 20.2 Å². The Morgan fingerprint density at radius 3 is 2.64 bits per heavy atom.